The summed E-state index contributed by atoms with van der Waals surface area (Å²) in [6.45, 7) is 4.53. The lowest BCUT2D eigenvalue weighted by molar-refractivity contribution is -0.148. The molecule has 104 valence electrons. The Bertz CT molecular complexity index is 421. The summed E-state index contributed by atoms with van der Waals surface area (Å²) < 4.78 is 0. The second-order valence-corrected chi connectivity index (χ2v) is 5.43. The van der Waals surface area contributed by atoms with Gasteiger partial charge in [-0.2, -0.15) is 0 Å². The van der Waals surface area contributed by atoms with Crippen LogP contribution in [0.5, 0.6) is 0 Å². The van der Waals surface area contributed by atoms with Gasteiger partial charge in [0.2, 0.25) is 0 Å². The lowest BCUT2D eigenvalue weighted by atomic mass is 9.83. The summed E-state index contributed by atoms with van der Waals surface area (Å²) in [5.41, 5.74) is 0.560. The number of carbonyl (C=O) groups is 1. The topological polar surface area (TPSA) is 53.4 Å². The Morgan fingerprint density at radius 1 is 1.53 bits per heavy atom. The highest BCUT2D eigenvalue weighted by atomic mass is 16.4. The second-order valence-electron chi connectivity index (χ2n) is 5.43. The number of nitrogens with zero attached hydrogens (tertiary/aromatic N) is 2. The molecule has 1 atom stereocenters. The molecule has 0 spiro atoms. The predicted molar refractivity (Wildman–Crippen MR) is 74.0 cm³/mol. The van der Waals surface area contributed by atoms with Crippen LogP contribution in [0.3, 0.4) is 0 Å². The van der Waals surface area contributed by atoms with Crippen LogP contribution in [0.15, 0.2) is 24.4 Å². The third-order valence-corrected chi connectivity index (χ3v) is 4.03. The normalized spacial score (nSPS) is 23.6. The van der Waals surface area contributed by atoms with E-state index in [0.717, 1.165) is 44.5 Å². The minimum atomic E-state index is -0.630. The van der Waals surface area contributed by atoms with Gasteiger partial charge in [0, 0.05) is 31.4 Å². The molecular weight excluding hydrogens is 240 g/mol. The molecule has 0 bridgehead atoms. The number of rotatable bonds is 6. The van der Waals surface area contributed by atoms with Crippen LogP contribution >= 0.6 is 0 Å². The van der Waals surface area contributed by atoms with Crippen molar-refractivity contribution in [3.8, 4) is 0 Å². The average molecular weight is 262 g/mol. The summed E-state index contributed by atoms with van der Waals surface area (Å²) in [6.07, 6.45) is 5.18. The van der Waals surface area contributed by atoms with E-state index < -0.39 is 11.4 Å². The molecular formula is C15H22N2O2. The van der Waals surface area contributed by atoms with Gasteiger partial charge in [-0.3, -0.25) is 9.78 Å². The van der Waals surface area contributed by atoms with Crippen LogP contribution in [0, 0.1) is 5.41 Å². The molecule has 0 saturated carbocycles. The summed E-state index contributed by atoms with van der Waals surface area (Å²) in [6, 6.07) is 5.92. The van der Waals surface area contributed by atoms with Crippen molar-refractivity contribution in [2.24, 2.45) is 5.41 Å². The summed E-state index contributed by atoms with van der Waals surface area (Å²) in [5.74, 6) is -0.630. The number of hydrogen-bond donors (Lipinski definition) is 1. The molecule has 2 rings (SSSR count). The standard InChI is InChI=1S/C15H22N2O2/c1-2-7-15(14(18)19)8-11-17(12-15)10-6-13-5-3-4-9-16-13/h3-5,9H,2,6-8,10-12H2,1H3,(H,18,19). The monoisotopic (exact) mass is 262 g/mol. The van der Waals surface area contributed by atoms with E-state index in [0.29, 0.717) is 6.54 Å². The number of carboxylic acid groups (broad SMARTS) is 1. The van der Waals surface area contributed by atoms with E-state index in [1.54, 1.807) is 6.20 Å². The van der Waals surface area contributed by atoms with E-state index in [1.807, 2.05) is 18.2 Å². The number of likely N-dealkylation sites (tertiary alicyclic amines) is 1. The maximum absolute atomic E-state index is 11.5. The molecule has 0 aliphatic carbocycles. The first-order valence-electron chi connectivity index (χ1n) is 7.02. The minimum Gasteiger partial charge on any atom is -0.481 e. The lowest BCUT2D eigenvalue weighted by Crippen LogP contribution is -2.35. The Balaban J connectivity index is 1.89. The first kappa shape index (κ1) is 14.0. The van der Waals surface area contributed by atoms with Crippen molar-refractivity contribution < 1.29 is 9.90 Å². The van der Waals surface area contributed by atoms with Gasteiger partial charge < -0.3 is 10.0 Å². The van der Waals surface area contributed by atoms with Crippen LogP contribution in [-0.4, -0.2) is 40.6 Å². The highest BCUT2D eigenvalue weighted by Crippen LogP contribution is 2.35. The van der Waals surface area contributed by atoms with Gasteiger partial charge in [-0.1, -0.05) is 19.4 Å². The van der Waals surface area contributed by atoms with Crippen LogP contribution < -0.4 is 0 Å². The summed E-state index contributed by atoms with van der Waals surface area (Å²) >= 11 is 0. The zero-order chi connectivity index (χ0) is 13.7. The highest BCUT2D eigenvalue weighted by molar-refractivity contribution is 5.75. The van der Waals surface area contributed by atoms with Gasteiger partial charge in [0.05, 0.1) is 5.41 Å². The van der Waals surface area contributed by atoms with Crippen molar-refractivity contribution in [3.63, 3.8) is 0 Å². The Morgan fingerprint density at radius 2 is 2.37 bits per heavy atom. The van der Waals surface area contributed by atoms with Crippen LogP contribution in [0.2, 0.25) is 0 Å². The van der Waals surface area contributed by atoms with Gasteiger partial charge in [-0.15, -0.1) is 0 Å². The smallest absolute Gasteiger partial charge is 0.310 e. The summed E-state index contributed by atoms with van der Waals surface area (Å²) in [4.78, 5) is 18.1. The molecule has 1 unspecified atom stereocenters. The number of hydrogen-bond acceptors (Lipinski definition) is 3. The first-order valence-corrected chi connectivity index (χ1v) is 7.02. The van der Waals surface area contributed by atoms with Gasteiger partial charge in [-0.25, -0.2) is 0 Å². The SMILES string of the molecule is CCCC1(C(=O)O)CCN(CCc2ccccn2)C1. The van der Waals surface area contributed by atoms with Crippen molar-refractivity contribution in [3.05, 3.63) is 30.1 Å². The zero-order valence-corrected chi connectivity index (χ0v) is 11.5. The van der Waals surface area contributed by atoms with E-state index >= 15 is 0 Å². The van der Waals surface area contributed by atoms with Crippen molar-refractivity contribution in [2.75, 3.05) is 19.6 Å². The molecule has 19 heavy (non-hydrogen) atoms. The molecule has 4 heteroatoms. The number of carboxylic acids is 1. The molecule has 4 nitrogen and oxygen atoms in total. The maximum atomic E-state index is 11.5. The number of aliphatic carboxylic acids is 1. The van der Waals surface area contributed by atoms with Gasteiger partial charge in [0.15, 0.2) is 0 Å². The van der Waals surface area contributed by atoms with Crippen LogP contribution in [0.4, 0.5) is 0 Å². The van der Waals surface area contributed by atoms with E-state index in [1.165, 1.54) is 0 Å². The summed E-state index contributed by atoms with van der Waals surface area (Å²) in [5, 5.41) is 9.46. The zero-order valence-electron chi connectivity index (χ0n) is 11.5. The fourth-order valence-corrected chi connectivity index (χ4v) is 2.93. The Kier molecular flexibility index (Phi) is 4.53. The molecule has 1 saturated heterocycles. The van der Waals surface area contributed by atoms with E-state index in [4.69, 9.17) is 0 Å². The predicted octanol–water partition coefficient (Wildman–Crippen LogP) is 2.20. The Hall–Kier alpha value is -1.42. The molecule has 1 aliphatic rings. The van der Waals surface area contributed by atoms with E-state index in [2.05, 4.69) is 16.8 Å². The van der Waals surface area contributed by atoms with Crippen molar-refractivity contribution in [1.29, 1.82) is 0 Å². The maximum Gasteiger partial charge on any atom is 0.310 e. The van der Waals surface area contributed by atoms with Gasteiger partial charge in [0.25, 0.3) is 0 Å². The van der Waals surface area contributed by atoms with Gasteiger partial charge >= 0.3 is 5.97 Å². The van der Waals surface area contributed by atoms with E-state index in [-0.39, 0.29) is 0 Å². The largest absolute Gasteiger partial charge is 0.481 e. The third kappa shape index (κ3) is 3.32. The lowest BCUT2D eigenvalue weighted by Gasteiger charge is -2.24. The molecule has 2 heterocycles. The third-order valence-electron chi connectivity index (χ3n) is 4.03. The molecule has 1 aromatic heterocycles. The molecule has 1 fully saturated rings. The highest BCUT2D eigenvalue weighted by Gasteiger charge is 2.43. The molecule has 0 amide bonds. The Labute approximate surface area is 114 Å². The quantitative estimate of drug-likeness (QED) is 0.854. The molecule has 1 N–H and O–H groups in total. The van der Waals surface area contributed by atoms with Crippen LogP contribution in [0.25, 0.3) is 0 Å². The average Bonchev–Trinajstić information content (AvgIpc) is 2.83. The first-order chi connectivity index (χ1) is 9.16. The van der Waals surface area contributed by atoms with Crippen LogP contribution in [0.1, 0.15) is 31.9 Å². The van der Waals surface area contributed by atoms with E-state index in [9.17, 15) is 9.90 Å². The van der Waals surface area contributed by atoms with Crippen LogP contribution in [-0.2, 0) is 11.2 Å². The molecule has 1 aromatic rings. The fraction of sp³-hybridized carbons (Fsp3) is 0.600. The van der Waals surface area contributed by atoms with Gasteiger partial charge in [-0.05, 0) is 31.5 Å². The number of aromatic nitrogens is 1. The van der Waals surface area contributed by atoms with Crippen molar-refractivity contribution in [2.45, 2.75) is 32.6 Å². The Morgan fingerprint density at radius 3 is 3.00 bits per heavy atom. The minimum absolute atomic E-state index is 0.515. The summed E-state index contributed by atoms with van der Waals surface area (Å²) in [7, 11) is 0. The molecule has 0 aromatic carbocycles. The molecule has 1 aliphatic heterocycles. The van der Waals surface area contributed by atoms with Crippen molar-refractivity contribution in [1.82, 2.24) is 9.88 Å². The fourth-order valence-electron chi connectivity index (χ4n) is 2.93. The second kappa shape index (κ2) is 6.15. The number of pyridine rings is 1. The van der Waals surface area contributed by atoms with Gasteiger partial charge in [0.1, 0.15) is 0 Å². The van der Waals surface area contributed by atoms with Crippen molar-refractivity contribution >= 4 is 5.97 Å². The molecule has 0 radical (unpaired) electrons.